The molecule has 17 heavy (non-hydrogen) atoms. The van der Waals surface area contributed by atoms with Crippen molar-refractivity contribution in [2.75, 3.05) is 18.8 Å². The molecular formula is C15H23NS. The van der Waals surface area contributed by atoms with Gasteiger partial charge in [0.25, 0.3) is 0 Å². The number of hydrogen-bond acceptors (Lipinski definition) is 2. The second-order valence-electron chi connectivity index (χ2n) is 5.94. The minimum atomic E-state index is 0.265. The van der Waals surface area contributed by atoms with E-state index in [-0.39, 0.29) is 5.41 Å². The fourth-order valence-electron chi connectivity index (χ4n) is 1.95. The van der Waals surface area contributed by atoms with Gasteiger partial charge >= 0.3 is 0 Å². The van der Waals surface area contributed by atoms with Crippen LogP contribution >= 0.6 is 11.8 Å². The minimum absolute atomic E-state index is 0.265. The molecule has 2 rings (SSSR count). The molecule has 94 valence electrons. The summed E-state index contributed by atoms with van der Waals surface area (Å²) in [5, 5.41) is 3.32. The lowest BCUT2D eigenvalue weighted by atomic mass is 9.87. The van der Waals surface area contributed by atoms with Crippen LogP contribution in [-0.4, -0.2) is 18.8 Å². The molecule has 1 N–H and O–H groups in total. The molecule has 0 aromatic heterocycles. The lowest BCUT2D eigenvalue weighted by molar-refractivity contribution is 0.341. The highest BCUT2D eigenvalue weighted by atomic mass is 32.2. The van der Waals surface area contributed by atoms with Crippen LogP contribution in [0.25, 0.3) is 0 Å². The molecule has 1 fully saturated rings. The van der Waals surface area contributed by atoms with E-state index >= 15 is 0 Å². The normalized spacial score (nSPS) is 16.9. The molecule has 0 saturated carbocycles. The number of hydrogen-bond donors (Lipinski definition) is 1. The molecule has 0 atom stereocenters. The summed E-state index contributed by atoms with van der Waals surface area (Å²) in [7, 11) is 0. The van der Waals surface area contributed by atoms with Crippen LogP contribution in [0.2, 0.25) is 0 Å². The van der Waals surface area contributed by atoms with Gasteiger partial charge in [0.05, 0.1) is 0 Å². The van der Waals surface area contributed by atoms with Crippen LogP contribution in [0.4, 0.5) is 0 Å². The van der Waals surface area contributed by atoms with Gasteiger partial charge in [-0.05, 0) is 54.3 Å². The summed E-state index contributed by atoms with van der Waals surface area (Å²) in [6.07, 6.45) is 1.35. The standard InChI is InChI=1S/C15H23NS/c1-15(2,3)13-4-6-14(7-5-13)17-9-8-12-10-16-11-12/h4-7,12,16H,8-11H2,1-3H3. The van der Waals surface area contributed by atoms with Crippen LogP contribution in [0, 0.1) is 5.92 Å². The van der Waals surface area contributed by atoms with Crippen molar-refractivity contribution >= 4 is 11.8 Å². The van der Waals surface area contributed by atoms with E-state index in [0.29, 0.717) is 0 Å². The first-order chi connectivity index (χ1) is 8.05. The van der Waals surface area contributed by atoms with Crippen molar-refractivity contribution in [3.05, 3.63) is 29.8 Å². The molecule has 0 bridgehead atoms. The van der Waals surface area contributed by atoms with Gasteiger partial charge in [-0.3, -0.25) is 0 Å². The molecule has 1 aliphatic heterocycles. The molecule has 0 unspecified atom stereocenters. The molecule has 1 aromatic carbocycles. The van der Waals surface area contributed by atoms with Crippen LogP contribution < -0.4 is 5.32 Å². The lowest BCUT2D eigenvalue weighted by Crippen LogP contribution is -2.42. The van der Waals surface area contributed by atoms with Crippen molar-refractivity contribution in [3.63, 3.8) is 0 Å². The first kappa shape index (κ1) is 13.0. The van der Waals surface area contributed by atoms with E-state index in [1.165, 1.54) is 35.7 Å². The SMILES string of the molecule is CC(C)(C)c1ccc(SCCC2CNC2)cc1. The summed E-state index contributed by atoms with van der Waals surface area (Å²) >= 11 is 1.99. The maximum Gasteiger partial charge on any atom is 0.00721 e. The molecule has 0 spiro atoms. The molecule has 1 heterocycles. The van der Waals surface area contributed by atoms with Gasteiger partial charge in [-0.25, -0.2) is 0 Å². The van der Waals surface area contributed by atoms with Crippen LogP contribution in [0.3, 0.4) is 0 Å². The van der Waals surface area contributed by atoms with Crippen molar-refractivity contribution in [3.8, 4) is 0 Å². The van der Waals surface area contributed by atoms with Gasteiger partial charge in [0, 0.05) is 4.90 Å². The van der Waals surface area contributed by atoms with Gasteiger partial charge in [0.2, 0.25) is 0 Å². The van der Waals surface area contributed by atoms with Crippen LogP contribution in [0.1, 0.15) is 32.8 Å². The smallest absolute Gasteiger partial charge is 0.00721 e. The Hall–Kier alpha value is -0.470. The minimum Gasteiger partial charge on any atom is -0.316 e. The maximum atomic E-state index is 3.32. The highest BCUT2D eigenvalue weighted by Gasteiger charge is 2.16. The third-order valence-electron chi connectivity index (χ3n) is 3.38. The van der Waals surface area contributed by atoms with E-state index in [1.54, 1.807) is 0 Å². The Balaban J connectivity index is 1.81. The van der Waals surface area contributed by atoms with Gasteiger partial charge in [-0.2, -0.15) is 0 Å². The van der Waals surface area contributed by atoms with Crippen molar-refractivity contribution in [1.82, 2.24) is 5.32 Å². The lowest BCUT2D eigenvalue weighted by Gasteiger charge is -2.26. The van der Waals surface area contributed by atoms with Crippen LogP contribution in [0.5, 0.6) is 0 Å². The van der Waals surface area contributed by atoms with E-state index < -0.39 is 0 Å². The van der Waals surface area contributed by atoms with Gasteiger partial charge in [-0.15, -0.1) is 11.8 Å². The van der Waals surface area contributed by atoms with Gasteiger partial charge in [0.1, 0.15) is 0 Å². The average molecular weight is 249 g/mol. The molecule has 1 nitrogen and oxygen atoms in total. The quantitative estimate of drug-likeness (QED) is 0.817. The van der Waals surface area contributed by atoms with E-state index in [0.717, 1.165) is 5.92 Å². The highest BCUT2D eigenvalue weighted by Crippen LogP contribution is 2.26. The summed E-state index contributed by atoms with van der Waals surface area (Å²) in [5.74, 6) is 2.18. The van der Waals surface area contributed by atoms with Gasteiger partial charge < -0.3 is 5.32 Å². The predicted molar refractivity (Wildman–Crippen MR) is 76.8 cm³/mol. The Kier molecular flexibility index (Phi) is 4.16. The van der Waals surface area contributed by atoms with Gasteiger partial charge in [0.15, 0.2) is 0 Å². The second-order valence-corrected chi connectivity index (χ2v) is 7.10. The molecule has 1 aromatic rings. The summed E-state index contributed by atoms with van der Waals surface area (Å²) in [5.41, 5.74) is 1.69. The molecular weight excluding hydrogens is 226 g/mol. The molecule has 0 aliphatic carbocycles. The summed E-state index contributed by atoms with van der Waals surface area (Å²) in [6.45, 7) is 9.24. The second kappa shape index (κ2) is 5.45. The Labute approximate surface area is 109 Å². The van der Waals surface area contributed by atoms with Crippen molar-refractivity contribution in [2.24, 2.45) is 5.92 Å². The van der Waals surface area contributed by atoms with E-state index in [4.69, 9.17) is 0 Å². The first-order valence-electron chi connectivity index (χ1n) is 6.50. The van der Waals surface area contributed by atoms with E-state index in [9.17, 15) is 0 Å². The molecule has 1 aliphatic rings. The fourth-order valence-corrected chi connectivity index (χ4v) is 2.96. The third-order valence-corrected chi connectivity index (χ3v) is 4.43. The zero-order chi connectivity index (χ0) is 12.3. The monoisotopic (exact) mass is 249 g/mol. The summed E-state index contributed by atoms with van der Waals surface area (Å²) in [4.78, 5) is 1.41. The zero-order valence-corrected chi connectivity index (χ0v) is 11.9. The zero-order valence-electron chi connectivity index (χ0n) is 11.1. The molecule has 0 amide bonds. The highest BCUT2D eigenvalue weighted by molar-refractivity contribution is 7.99. The maximum absolute atomic E-state index is 3.32. The number of benzene rings is 1. The van der Waals surface area contributed by atoms with E-state index in [1.807, 2.05) is 11.8 Å². The fraction of sp³-hybridized carbons (Fsp3) is 0.600. The van der Waals surface area contributed by atoms with Crippen LogP contribution in [-0.2, 0) is 5.41 Å². The average Bonchev–Trinajstić information content (AvgIpc) is 2.21. The Morgan fingerprint density at radius 3 is 2.29 bits per heavy atom. The Morgan fingerprint density at radius 1 is 1.18 bits per heavy atom. The third kappa shape index (κ3) is 3.75. The number of thioether (sulfide) groups is 1. The Bertz CT molecular complexity index is 346. The van der Waals surface area contributed by atoms with Crippen LogP contribution in [0.15, 0.2) is 29.2 Å². The first-order valence-corrected chi connectivity index (χ1v) is 7.48. The summed E-state index contributed by atoms with van der Waals surface area (Å²) < 4.78 is 0. The van der Waals surface area contributed by atoms with Crippen molar-refractivity contribution < 1.29 is 0 Å². The topological polar surface area (TPSA) is 12.0 Å². The summed E-state index contributed by atoms with van der Waals surface area (Å²) in [6, 6.07) is 9.08. The molecule has 2 heteroatoms. The number of nitrogens with one attached hydrogen (secondary N) is 1. The molecule has 0 radical (unpaired) electrons. The Morgan fingerprint density at radius 2 is 1.82 bits per heavy atom. The van der Waals surface area contributed by atoms with Crippen molar-refractivity contribution in [1.29, 1.82) is 0 Å². The van der Waals surface area contributed by atoms with Gasteiger partial charge in [-0.1, -0.05) is 32.9 Å². The van der Waals surface area contributed by atoms with Crippen molar-refractivity contribution in [2.45, 2.75) is 37.5 Å². The molecule has 1 saturated heterocycles. The largest absolute Gasteiger partial charge is 0.316 e. The number of rotatable bonds is 4. The predicted octanol–water partition coefficient (Wildman–Crippen LogP) is 3.69. The van der Waals surface area contributed by atoms with E-state index in [2.05, 4.69) is 50.4 Å².